The minimum absolute atomic E-state index is 0.00542. The van der Waals surface area contributed by atoms with Gasteiger partial charge >= 0.3 is 0 Å². The molecule has 0 bridgehead atoms. The lowest BCUT2D eigenvalue weighted by atomic mass is 9.69. The van der Waals surface area contributed by atoms with Gasteiger partial charge in [0.2, 0.25) is 11.8 Å². The van der Waals surface area contributed by atoms with Gasteiger partial charge in [-0.05, 0) is 30.5 Å². The van der Waals surface area contributed by atoms with Gasteiger partial charge in [0.05, 0.1) is 18.6 Å². The summed E-state index contributed by atoms with van der Waals surface area (Å²) in [6.07, 6.45) is 5.76. The van der Waals surface area contributed by atoms with Crippen LogP contribution >= 0.6 is 11.8 Å². The van der Waals surface area contributed by atoms with Crippen molar-refractivity contribution in [3.05, 3.63) is 29.8 Å². The van der Waals surface area contributed by atoms with E-state index >= 15 is 0 Å². The SMILES string of the molecule is COc1ccc(C2(CNC(=O)CSCC(N)=O)CCCCC2)cc1. The Hall–Kier alpha value is -1.69. The molecule has 0 spiro atoms. The first-order valence-corrected chi connectivity index (χ1v) is 9.48. The number of benzene rings is 1. The number of methoxy groups -OCH3 is 1. The number of primary amides is 1. The summed E-state index contributed by atoms with van der Waals surface area (Å²) in [5, 5.41) is 3.05. The van der Waals surface area contributed by atoms with Crippen molar-refractivity contribution in [1.82, 2.24) is 5.32 Å². The maximum Gasteiger partial charge on any atom is 0.230 e. The van der Waals surface area contributed by atoms with Crippen molar-refractivity contribution in [1.29, 1.82) is 0 Å². The van der Waals surface area contributed by atoms with Gasteiger partial charge in [-0.15, -0.1) is 11.8 Å². The fourth-order valence-corrected chi connectivity index (χ4v) is 3.89. The second-order valence-electron chi connectivity index (χ2n) is 6.31. The lowest BCUT2D eigenvalue weighted by Crippen LogP contribution is -2.42. The Morgan fingerprint density at radius 2 is 1.83 bits per heavy atom. The van der Waals surface area contributed by atoms with E-state index in [1.54, 1.807) is 7.11 Å². The highest BCUT2D eigenvalue weighted by Crippen LogP contribution is 2.39. The predicted molar refractivity (Wildman–Crippen MR) is 97.3 cm³/mol. The first-order valence-electron chi connectivity index (χ1n) is 8.33. The van der Waals surface area contributed by atoms with Gasteiger partial charge < -0.3 is 15.8 Å². The van der Waals surface area contributed by atoms with E-state index in [9.17, 15) is 9.59 Å². The second kappa shape index (κ2) is 8.97. The van der Waals surface area contributed by atoms with Crippen LogP contribution in [0.2, 0.25) is 0 Å². The first kappa shape index (κ1) is 18.6. The summed E-state index contributed by atoms with van der Waals surface area (Å²) in [5.41, 5.74) is 6.34. The molecule has 2 rings (SSSR count). The maximum atomic E-state index is 12.0. The van der Waals surface area contributed by atoms with Crippen LogP contribution in [-0.2, 0) is 15.0 Å². The number of amides is 2. The number of carbonyl (C=O) groups is 2. The van der Waals surface area contributed by atoms with Gasteiger partial charge in [-0.3, -0.25) is 9.59 Å². The molecule has 1 aromatic carbocycles. The topological polar surface area (TPSA) is 81.4 Å². The molecule has 0 heterocycles. The molecule has 0 radical (unpaired) electrons. The molecule has 0 atom stereocenters. The summed E-state index contributed by atoms with van der Waals surface area (Å²) in [6.45, 7) is 0.634. The van der Waals surface area contributed by atoms with Crippen LogP contribution in [0.3, 0.4) is 0 Å². The number of hydrogen-bond donors (Lipinski definition) is 2. The number of rotatable bonds is 8. The van der Waals surface area contributed by atoms with E-state index in [0.29, 0.717) is 6.54 Å². The lowest BCUT2D eigenvalue weighted by molar-refractivity contribution is -0.118. The molecule has 5 nitrogen and oxygen atoms in total. The third kappa shape index (κ3) is 5.16. The third-order valence-electron chi connectivity index (χ3n) is 4.61. The highest BCUT2D eigenvalue weighted by Gasteiger charge is 2.34. The maximum absolute atomic E-state index is 12.0. The average molecular weight is 350 g/mol. The Bertz CT molecular complexity index is 554. The zero-order valence-electron chi connectivity index (χ0n) is 14.2. The summed E-state index contributed by atoms with van der Waals surface area (Å²) >= 11 is 1.25. The Balaban J connectivity index is 1.99. The highest BCUT2D eigenvalue weighted by molar-refractivity contribution is 8.00. The molecule has 6 heteroatoms. The zero-order chi connectivity index (χ0) is 17.4. The second-order valence-corrected chi connectivity index (χ2v) is 7.29. The van der Waals surface area contributed by atoms with Gasteiger partial charge in [0, 0.05) is 12.0 Å². The van der Waals surface area contributed by atoms with Crippen molar-refractivity contribution in [3.63, 3.8) is 0 Å². The summed E-state index contributed by atoms with van der Waals surface area (Å²) in [6, 6.07) is 8.18. The molecule has 132 valence electrons. The average Bonchev–Trinajstić information content (AvgIpc) is 2.60. The minimum Gasteiger partial charge on any atom is -0.497 e. The number of hydrogen-bond acceptors (Lipinski definition) is 4. The summed E-state index contributed by atoms with van der Waals surface area (Å²) in [4.78, 5) is 22.8. The molecule has 0 aliphatic heterocycles. The number of nitrogens with two attached hydrogens (primary N) is 1. The Morgan fingerprint density at radius 1 is 1.17 bits per heavy atom. The molecule has 2 amide bonds. The predicted octanol–water partition coefficient (Wildman–Crippen LogP) is 2.23. The highest BCUT2D eigenvalue weighted by atomic mass is 32.2. The van der Waals surface area contributed by atoms with Crippen LogP contribution in [0.5, 0.6) is 5.75 Å². The van der Waals surface area contributed by atoms with Gasteiger partial charge in [-0.1, -0.05) is 31.4 Å². The van der Waals surface area contributed by atoms with Gasteiger partial charge in [0.25, 0.3) is 0 Å². The molecule has 0 unspecified atom stereocenters. The molecule has 1 aliphatic rings. The van der Waals surface area contributed by atoms with Gasteiger partial charge in [0.1, 0.15) is 5.75 Å². The van der Waals surface area contributed by atoms with E-state index in [4.69, 9.17) is 10.5 Å². The van der Waals surface area contributed by atoms with Crippen molar-refractivity contribution in [2.24, 2.45) is 5.73 Å². The third-order valence-corrected chi connectivity index (χ3v) is 5.57. The van der Waals surface area contributed by atoms with Gasteiger partial charge in [0.15, 0.2) is 0 Å². The molecule has 0 saturated heterocycles. The molecule has 24 heavy (non-hydrogen) atoms. The Kier molecular flexibility index (Phi) is 6.97. The van der Waals surface area contributed by atoms with Crippen LogP contribution in [-0.4, -0.2) is 37.0 Å². The van der Waals surface area contributed by atoms with E-state index in [0.717, 1.165) is 18.6 Å². The van der Waals surface area contributed by atoms with Gasteiger partial charge in [-0.2, -0.15) is 0 Å². The van der Waals surface area contributed by atoms with Crippen LogP contribution in [0.1, 0.15) is 37.7 Å². The minimum atomic E-state index is -0.394. The van der Waals surface area contributed by atoms with Crippen LogP contribution in [0.25, 0.3) is 0 Å². The molecule has 1 saturated carbocycles. The van der Waals surface area contributed by atoms with Crippen LogP contribution in [0.4, 0.5) is 0 Å². The number of carbonyl (C=O) groups excluding carboxylic acids is 2. The molecule has 0 aromatic heterocycles. The zero-order valence-corrected chi connectivity index (χ0v) is 15.0. The van der Waals surface area contributed by atoms with Crippen LogP contribution < -0.4 is 15.8 Å². The summed E-state index contributed by atoms with van der Waals surface area (Å²) < 4.78 is 5.24. The molecule has 1 aliphatic carbocycles. The summed E-state index contributed by atoms with van der Waals surface area (Å²) in [5.74, 6) is 0.852. The molecular formula is C18H26N2O3S. The fourth-order valence-electron chi connectivity index (χ4n) is 3.30. The molecule has 3 N–H and O–H groups in total. The largest absolute Gasteiger partial charge is 0.497 e. The monoisotopic (exact) mass is 350 g/mol. The van der Waals surface area contributed by atoms with E-state index in [1.807, 2.05) is 12.1 Å². The van der Waals surface area contributed by atoms with Gasteiger partial charge in [-0.25, -0.2) is 0 Å². The number of thioether (sulfide) groups is 1. The van der Waals surface area contributed by atoms with Crippen molar-refractivity contribution in [2.75, 3.05) is 25.2 Å². The van der Waals surface area contributed by atoms with Crippen molar-refractivity contribution >= 4 is 23.6 Å². The van der Waals surface area contributed by atoms with Crippen molar-refractivity contribution in [2.45, 2.75) is 37.5 Å². The normalized spacial score (nSPS) is 16.4. The fraction of sp³-hybridized carbons (Fsp3) is 0.556. The number of nitrogens with one attached hydrogen (secondary N) is 1. The standard InChI is InChI=1S/C18H26N2O3S/c1-23-15-7-5-14(6-8-15)18(9-3-2-4-10-18)13-20-17(22)12-24-11-16(19)21/h5-8H,2-4,9-13H2,1H3,(H2,19,21)(H,20,22). The van der Waals surface area contributed by atoms with Crippen LogP contribution in [0, 0.1) is 0 Å². The van der Waals surface area contributed by atoms with E-state index < -0.39 is 5.91 Å². The molecular weight excluding hydrogens is 324 g/mol. The smallest absolute Gasteiger partial charge is 0.230 e. The molecule has 1 aromatic rings. The van der Waals surface area contributed by atoms with Crippen molar-refractivity contribution < 1.29 is 14.3 Å². The quantitative estimate of drug-likeness (QED) is 0.753. The Labute approximate surface area is 147 Å². The van der Waals surface area contributed by atoms with Crippen molar-refractivity contribution in [3.8, 4) is 5.75 Å². The van der Waals surface area contributed by atoms with E-state index in [-0.39, 0.29) is 22.8 Å². The first-order chi connectivity index (χ1) is 11.6. The van der Waals surface area contributed by atoms with Crippen LogP contribution in [0.15, 0.2) is 24.3 Å². The number of ether oxygens (including phenoxy) is 1. The lowest BCUT2D eigenvalue weighted by Gasteiger charge is -2.38. The Morgan fingerprint density at radius 3 is 2.42 bits per heavy atom. The molecule has 1 fully saturated rings. The van der Waals surface area contributed by atoms with E-state index in [2.05, 4.69) is 17.4 Å². The summed E-state index contributed by atoms with van der Waals surface area (Å²) in [7, 11) is 1.66. The van der Waals surface area contributed by atoms with E-state index in [1.165, 1.54) is 36.6 Å².